The first kappa shape index (κ1) is 14.4. The van der Waals surface area contributed by atoms with E-state index in [0.29, 0.717) is 5.25 Å². The van der Waals surface area contributed by atoms with Crippen molar-refractivity contribution in [1.82, 2.24) is 0 Å². The highest BCUT2D eigenvalue weighted by Crippen LogP contribution is 2.25. The fourth-order valence-corrected chi connectivity index (χ4v) is 2.52. The van der Waals surface area contributed by atoms with Gasteiger partial charge in [-0.15, -0.1) is 0 Å². The molecular formula is C13H21NO2S. The number of methoxy groups -OCH3 is 2. The Morgan fingerprint density at radius 1 is 1.24 bits per heavy atom. The molecule has 1 aromatic carbocycles. The van der Waals surface area contributed by atoms with E-state index in [2.05, 4.69) is 6.92 Å². The van der Waals surface area contributed by atoms with Crippen molar-refractivity contribution in [3.05, 3.63) is 29.8 Å². The Kier molecular flexibility index (Phi) is 6.40. The van der Waals surface area contributed by atoms with Crippen LogP contribution in [0.25, 0.3) is 0 Å². The Morgan fingerprint density at radius 3 is 2.41 bits per heavy atom. The van der Waals surface area contributed by atoms with Gasteiger partial charge in [-0.25, -0.2) is 0 Å². The first-order valence-corrected chi connectivity index (χ1v) is 6.74. The Hall–Kier alpha value is -0.710. The molecule has 2 N–H and O–H groups in total. The fraction of sp³-hybridized carbons (Fsp3) is 0.538. The van der Waals surface area contributed by atoms with Gasteiger partial charge in [0.1, 0.15) is 5.75 Å². The predicted octanol–water partition coefficient (Wildman–Crippen LogP) is 2.46. The van der Waals surface area contributed by atoms with Crippen molar-refractivity contribution in [3.63, 3.8) is 0 Å². The van der Waals surface area contributed by atoms with Gasteiger partial charge in [0.15, 0.2) is 0 Å². The number of hydrogen-bond donors (Lipinski definition) is 1. The molecule has 2 atom stereocenters. The van der Waals surface area contributed by atoms with Gasteiger partial charge in [-0.1, -0.05) is 19.1 Å². The molecule has 96 valence electrons. The molecular weight excluding hydrogens is 234 g/mol. The minimum atomic E-state index is 0.0442. The number of benzene rings is 1. The average Bonchev–Trinajstić information content (AvgIpc) is 2.38. The molecule has 2 unspecified atom stereocenters. The second-order valence-electron chi connectivity index (χ2n) is 3.87. The van der Waals surface area contributed by atoms with Gasteiger partial charge in [0.05, 0.1) is 13.7 Å². The highest BCUT2D eigenvalue weighted by atomic mass is 32.2. The van der Waals surface area contributed by atoms with Crippen molar-refractivity contribution in [2.24, 2.45) is 5.73 Å². The van der Waals surface area contributed by atoms with Crippen LogP contribution in [0.2, 0.25) is 0 Å². The molecule has 0 saturated carbocycles. The summed E-state index contributed by atoms with van der Waals surface area (Å²) in [4.78, 5) is 0. The molecule has 0 spiro atoms. The number of thioether (sulfide) groups is 1. The summed E-state index contributed by atoms with van der Waals surface area (Å²) >= 11 is 1.83. The van der Waals surface area contributed by atoms with E-state index in [4.69, 9.17) is 15.2 Å². The summed E-state index contributed by atoms with van der Waals surface area (Å²) in [5, 5.41) is 0.374. The highest BCUT2D eigenvalue weighted by molar-refractivity contribution is 7.99. The van der Waals surface area contributed by atoms with Gasteiger partial charge >= 0.3 is 0 Å². The summed E-state index contributed by atoms with van der Waals surface area (Å²) in [6, 6.07) is 7.99. The van der Waals surface area contributed by atoms with E-state index in [1.807, 2.05) is 36.0 Å². The van der Waals surface area contributed by atoms with E-state index in [-0.39, 0.29) is 6.04 Å². The minimum absolute atomic E-state index is 0.0442. The minimum Gasteiger partial charge on any atom is -0.497 e. The molecule has 0 aliphatic carbocycles. The first-order valence-electron chi connectivity index (χ1n) is 5.69. The molecule has 0 saturated heterocycles. The highest BCUT2D eigenvalue weighted by Gasteiger charge is 2.14. The summed E-state index contributed by atoms with van der Waals surface area (Å²) in [5.41, 5.74) is 7.35. The van der Waals surface area contributed by atoms with Crippen LogP contribution in [-0.2, 0) is 4.74 Å². The van der Waals surface area contributed by atoms with Gasteiger partial charge < -0.3 is 15.2 Å². The third-order valence-corrected chi connectivity index (χ3v) is 3.90. The Bertz CT molecular complexity index is 316. The van der Waals surface area contributed by atoms with Crippen LogP contribution in [0.4, 0.5) is 0 Å². The number of rotatable bonds is 7. The zero-order valence-electron chi connectivity index (χ0n) is 10.7. The molecule has 3 nitrogen and oxygen atoms in total. The smallest absolute Gasteiger partial charge is 0.118 e. The van der Waals surface area contributed by atoms with Crippen LogP contribution < -0.4 is 10.5 Å². The van der Waals surface area contributed by atoms with Crippen molar-refractivity contribution >= 4 is 11.8 Å². The van der Waals surface area contributed by atoms with Crippen molar-refractivity contribution < 1.29 is 9.47 Å². The van der Waals surface area contributed by atoms with Crippen molar-refractivity contribution in [2.75, 3.05) is 26.6 Å². The van der Waals surface area contributed by atoms with Crippen LogP contribution >= 0.6 is 11.8 Å². The third-order valence-electron chi connectivity index (χ3n) is 2.67. The maximum atomic E-state index is 6.21. The van der Waals surface area contributed by atoms with E-state index >= 15 is 0 Å². The number of nitrogens with two attached hydrogens (primary N) is 1. The van der Waals surface area contributed by atoms with Crippen molar-refractivity contribution in [3.8, 4) is 5.75 Å². The normalized spacial score (nSPS) is 14.4. The molecule has 0 radical (unpaired) electrons. The van der Waals surface area contributed by atoms with E-state index in [0.717, 1.165) is 23.7 Å². The second-order valence-corrected chi connectivity index (χ2v) is 5.35. The molecule has 0 aromatic heterocycles. The molecule has 0 fully saturated rings. The number of ether oxygens (including phenoxy) is 2. The van der Waals surface area contributed by atoms with Crippen LogP contribution in [0, 0.1) is 0 Å². The van der Waals surface area contributed by atoms with Crippen molar-refractivity contribution in [2.45, 2.75) is 18.2 Å². The van der Waals surface area contributed by atoms with Crippen LogP contribution in [0.15, 0.2) is 24.3 Å². The van der Waals surface area contributed by atoms with Crippen LogP contribution in [0.1, 0.15) is 18.5 Å². The van der Waals surface area contributed by atoms with Crippen LogP contribution in [0.5, 0.6) is 5.75 Å². The Labute approximate surface area is 108 Å². The maximum Gasteiger partial charge on any atom is 0.118 e. The Balaban J connectivity index is 2.52. The van der Waals surface area contributed by atoms with E-state index in [1.54, 1.807) is 14.2 Å². The van der Waals surface area contributed by atoms with Gasteiger partial charge in [0, 0.05) is 24.2 Å². The molecule has 17 heavy (non-hydrogen) atoms. The summed E-state index contributed by atoms with van der Waals surface area (Å²) in [7, 11) is 3.38. The van der Waals surface area contributed by atoms with Crippen molar-refractivity contribution in [1.29, 1.82) is 0 Å². The summed E-state index contributed by atoms with van der Waals surface area (Å²) < 4.78 is 10.2. The largest absolute Gasteiger partial charge is 0.497 e. The lowest BCUT2D eigenvalue weighted by Gasteiger charge is -2.20. The summed E-state index contributed by atoms with van der Waals surface area (Å²) in [6.45, 7) is 2.92. The first-order chi connectivity index (χ1) is 8.19. The molecule has 4 heteroatoms. The monoisotopic (exact) mass is 255 g/mol. The molecule has 0 aliphatic rings. The van der Waals surface area contributed by atoms with Crippen LogP contribution in [0.3, 0.4) is 0 Å². The van der Waals surface area contributed by atoms with Gasteiger partial charge in [-0.05, 0) is 17.7 Å². The van der Waals surface area contributed by atoms with Gasteiger partial charge in [-0.2, -0.15) is 11.8 Å². The average molecular weight is 255 g/mol. The molecule has 0 heterocycles. The van der Waals surface area contributed by atoms with E-state index in [9.17, 15) is 0 Å². The van der Waals surface area contributed by atoms with Crippen LogP contribution in [-0.4, -0.2) is 31.8 Å². The van der Waals surface area contributed by atoms with E-state index < -0.39 is 0 Å². The molecule has 1 rings (SSSR count). The lowest BCUT2D eigenvalue weighted by molar-refractivity contribution is 0.218. The second kappa shape index (κ2) is 7.58. The molecule has 1 aromatic rings. The fourth-order valence-electron chi connectivity index (χ4n) is 1.52. The molecule has 0 amide bonds. The summed E-state index contributed by atoms with van der Waals surface area (Å²) in [6.07, 6.45) is 0. The third kappa shape index (κ3) is 4.58. The summed E-state index contributed by atoms with van der Waals surface area (Å²) in [5.74, 6) is 1.84. The van der Waals surface area contributed by atoms with Gasteiger partial charge in [0.2, 0.25) is 0 Å². The SMILES string of the molecule is COCCSC(C)C(N)c1ccc(OC)cc1. The predicted molar refractivity (Wildman–Crippen MR) is 73.7 cm³/mol. The lowest BCUT2D eigenvalue weighted by atomic mass is 10.1. The van der Waals surface area contributed by atoms with Gasteiger partial charge in [0.25, 0.3) is 0 Å². The zero-order chi connectivity index (χ0) is 12.7. The molecule has 0 bridgehead atoms. The van der Waals surface area contributed by atoms with E-state index in [1.165, 1.54) is 0 Å². The Morgan fingerprint density at radius 2 is 1.88 bits per heavy atom. The quantitative estimate of drug-likeness (QED) is 0.760. The lowest BCUT2D eigenvalue weighted by Crippen LogP contribution is -2.21. The zero-order valence-corrected chi connectivity index (χ0v) is 11.5. The maximum absolute atomic E-state index is 6.21. The standard InChI is InChI=1S/C13H21NO2S/c1-10(17-9-8-15-2)13(14)11-4-6-12(16-3)7-5-11/h4-7,10,13H,8-9,14H2,1-3H3. The molecule has 0 aliphatic heterocycles. The topological polar surface area (TPSA) is 44.5 Å². The van der Waals surface area contributed by atoms with Gasteiger partial charge in [-0.3, -0.25) is 0 Å². The number of hydrogen-bond acceptors (Lipinski definition) is 4.